The van der Waals surface area contributed by atoms with Gasteiger partial charge in [-0.3, -0.25) is 4.79 Å². The summed E-state index contributed by atoms with van der Waals surface area (Å²) in [5, 5.41) is 6.38. The zero-order valence-corrected chi connectivity index (χ0v) is 11.0. The van der Waals surface area contributed by atoms with Crippen LogP contribution in [0, 0.1) is 0 Å². The number of benzene rings is 1. The van der Waals surface area contributed by atoms with Crippen LogP contribution in [0.25, 0.3) is 0 Å². The van der Waals surface area contributed by atoms with Gasteiger partial charge in [0.1, 0.15) is 6.04 Å². The van der Waals surface area contributed by atoms with Crippen molar-refractivity contribution in [1.29, 1.82) is 0 Å². The van der Waals surface area contributed by atoms with Crippen LogP contribution in [0.5, 0.6) is 0 Å². The van der Waals surface area contributed by atoms with Crippen LogP contribution in [-0.2, 0) is 11.2 Å². The molecule has 1 aliphatic heterocycles. The molecule has 2 rings (SSSR count). The third-order valence-electron chi connectivity index (χ3n) is 3.40. The van der Waals surface area contributed by atoms with Crippen molar-refractivity contribution in [2.24, 2.45) is 0 Å². The van der Waals surface area contributed by atoms with Gasteiger partial charge in [-0.15, -0.1) is 0 Å². The lowest BCUT2D eigenvalue weighted by Gasteiger charge is -2.19. The third kappa shape index (κ3) is 3.25. The maximum atomic E-state index is 11.9. The summed E-state index contributed by atoms with van der Waals surface area (Å²) in [6.07, 6.45) is 5.28. The molecular weight excluding hydrogens is 224 g/mol. The van der Waals surface area contributed by atoms with E-state index in [9.17, 15) is 4.79 Å². The first-order valence-electron chi connectivity index (χ1n) is 6.93. The standard InChI is InChI=1S/C15H22N2O/c1-2-7-12-8-3-4-9-13(12)17-14-10-5-6-11-16-15(14)18/h3-4,8-9,14,17H,2,5-7,10-11H2,1H3,(H,16,18). The Morgan fingerprint density at radius 3 is 3.00 bits per heavy atom. The molecule has 0 bridgehead atoms. The maximum absolute atomic E-state index is 11.9. The highest BCUT2D eigenvalue weighted by molar-refractivity contribution is 5.85. The number of rotatable bonds is 4. The van der Waals surface area contributed by atoms with Gasteiger partial charge in [-0.2, -0.15) is 0 Å². The van der Waals surface area contributed by atoms with Crippen LogP contribution in [-0.4, -0.2) is 18.5 Å². The molecule has 98 valence electrons. The van der Waals surface area contributed by atoms with Crippen molar-refractivity contribution < 1.29 is 4.79 Å². The number of para-hydroxylation sites is 1. The molecule has 0 aromatic heterocycles. The largest absolute Gasteiger partial charge is 0.373 e. The Hall–Kier alpha value is -1.51. The molecule has 3 nitrogen and oxygen atoms in total. The van der Waals surface area contributed by atoms with E-state index in [1.54, 1.807) is 0 Å². The highest BCUT2D eigenvalue weighted by Gasteiger charge is 2.20. The van der Waals surface area contributed by atoms with Crippen molar-refractivity contribution >= 4 is 11.6 Å². The van der Waals surface area contributed by atoms with Gasteiger partial charge >= 0.3 is 0 Å². The second-order valence-corrected chi connectivity index (χ2v) is 4.89. The fourth-order valence-corrected chi connectivity index (χ4v) is 2.41. The van der Waals surface area contributed by atoms with E-state index < -0.39 is 0 Å². The Kier molecular flexibility index (Phi) is 4.62. The van der Waals surface area contributed by atoms with Gasteiger partial charge in [0, 0.05) is 12.2 Å². The average molecular weight is 246 g/mol. The van der Waals surface area contributed by atoms with Gasteiger partial charge in [-0.1, -0.05) is 31.5 Å². The van der Waals surface area contributed by atoms with Crippen molar-refractivity contribution in [1.82, 2.24) is 5.32 Å². The second-order valence-electron chi connectivity index (χ2n) is 4.89. The minimum atomic E-state index is -0.0782. The summed E-state index contributed by atoms with van der Waals surface area (Å²) in [6, 6.07) is 8.22. The number of hydrogen-bond donors (Lipinski definition) is 2. The van der Waals surface area contributed by atoms with Crippen LogP contribution < -0.4 is 10.6 Å². The molecule has 3 heteroatoms. The van der Waals surface area contributed by atoms with Crippen LogP contribution in [0.1, 0.15) is 38.2 Å². The molecule has 1 amide bonds. The summed E-state index contributed by atoms with van der Waals surface area (Å²) in [6.45, 7) is 2.99. The minimum Gasteiger partial charge on any atom is -0.373 e. The van der Waals surface area contributed by atoms with Crippen LogP contribution >= 0.6 is 0 Å². The Bertz CT molecular complexity index is 403. The molecule has 0 saturated carbocycles. The lowest BCUT2D eigenvalue weighted by Crippen LogP contribution is -2.38. The number of aryl methyl sites for hydroxylation is 1. The van der Waals surface area contributed by atoms with Gasteiger partial charge in [-0.25, -0.2) is 0 Å². The fraction of sp³-hybridized carbons (Fsp3) is 0.533. The summed E-state index contributed by atoms with van der Waals surface area (Å²) >= 11 is 0. The molecule has 1 atom stereocenters. The Morgan fingerprint density at radius 2 is 2.17 bits per heavy atom. The molecule has 1 heterocycles. The molecule has 0 spiro atoms. The summed E-state index contributed by atoms with van der Waals surface area (Å²) in [4.78, 5) is 11.9. The Labute approximate surface area is 109 Å². The van der Waals surface area contributed by atoms with Crippen LogP contribution in [0.4, 0.5) is 5.69 Å². The van der Waals surface area contributed by atoms with E-state index in [-0.39, 0.29) is 11.9 Å². The molecule has 1 fully saturated rings. The van der Waals surface area contributed by atoms with Crippen LogP contribution in [0.2, 0.25) is 0 Å². The topological polar surface area (TPSA) is 41.1 Å². The van der Waals surface area contributed by atoms with Crippen molar-refractivity contribution in [3.8, 4) is 0 Å². The minimum absolute atomic E-state index is 0.0782. The molecule has 0 radical (unpaired) electrons. The highest BCUT2D eigenvalue weighted by atomic mass is 16.2. The number of amides is 1. The Morgan fingerprint density at radius 1 is 1.33 bits per heavy atom. The summed E-state index contributed by atoms with van der Waals surface area (Å²) in [7, 11) is 0. The average Bonchev–Trinajstić information content (AvgIpc) is 2.58. The van der Waals surface area contributed by atoms with Gasteiger partial charge in [0.05, 0.1) is 0 Å². The molecule has 2 N–H and O–H groups in total. The third-order valence-corrected chi connectivity index (χ3v) is 3.40. The van der Waals surface area contributed by atoms with E-state index in [0.717, 1.165) is 44.3 Å². The number of carbonyl (C=O) groups is 1. The number of nitrogens with one attached hydrogen (secondary N) is 2. The van der Waals surface area contributed by atoms with E-state index in [4.69, 9.17) is 0 Å². The molecule has 1 saturated heterocycles. The zero-order chi connectivity index (χ0) is 12.8. The van der Waals surface area contributed by atoms with E-state index in [1.807, 2.05) is 6.07 Å². The molecule has 1 unspecified atom stereocenters. The van der Waals surface area contributed by atoms with E-state index in [0.29, 0.717) is 0 Å². The van der Waals surface area contributed by atoms with Crippen molar-refractivity contribution in [3.63, 3.8) is 0 Å². The quantitative estimate of drug-likeness (QED) is 0.857. The summed E-state index contributed by atoms with van der Waals surface area (Å²) in [5.74, 6) is 0.138. The van der Waals surface area contributed by atoms with Crippen LogP contribution in [0.15, 0.2) is 24.3 Å². The molecule has 1 aliphatic rings. The predicted octanol–water partition coefficient (Wildman–Crippen LogP) is 2.72. The summed E-state index contributed by atoms with van der Waals surface area (Å²) < 4.78 is 0. The number of hydrogen-bond acceptors (Lipinski definition) is 2. The van der Waals surface area contributed by atoms with Gasteiger partial charge < -0.3 is 10.6 Å². The molecule has 1 aromatic rings. The van der Waals surface area contributed by atoms with Gasteiger partial charge in [-0.05, 0) is 37.3 Å². The monoisotopic (exact) mass is 246 g/mol. The highest BCUT2D eigenvalue weighted by Crippen LogP contribution is 2.19. The van der Waals surface area contributed by atoms with Crippen molar-refractivity contribution in [2.75, 3.05) is 11.9 Å². The van der Waals surface area contributed by atoms with E-state index >= 15 is 0 Å². The number of carbonyl (C=O) groups excluding carboxylic acids is 1. The fourth-order valence-electron chi connectivity index (χ4n) is 2.41. The van der Waals surface area contributed by atoms with E-state index in [2.05, 4.69) is 35.8 Å². The molecule has 0 aliphatic carbocycles. The SMILES string of the molecule is CCCc1ccccc1NC1CCCCNC1=O. The van der Waals surface area contributed by atoms with Gasteiger partial charge in [0.2, 0.25) is 5.91 Å². The van der Waals surface area contributed by atoms with Crippen molar-refractivity contribution in [3.05, 3.63) is 29.8 Å². The first-order valence-corrected chi connectivity index (χ1v) is 6.93. The first kappa shape index (κ1) is 12.9. The lowest BCUT2D eigenvalue weighted by atomic mass is 10.1. The lowest BCUT2D eigenvalue weighted by molar-refractivity contribution is -0.121. The molecule has 18 heavy (non-hydrogen) atoms. The number of anilines is 1. The van der Waals surface area contributed by atoms with Crippen molar-refractivity contribution in [2.45, 2.75) is 45.1 Å². The normalized spacial score (nSPS) is 20.1. The molecular formula is C15H22N2O. The van der Waals surface area contributed by atoms with Gasteiger partial charge in [0.15, 0.2) is 0 Å². The van der Waals surface area contributed by atoms with E-state index in [1.165, 1.54) is 5.56 Å². The van der Waals surface area contributed by atoms with Crippen LogP contribution in [0.3, 0.4) is 0 Å². The smallest absolute Gasteiger partial charge is 0.242 e. The zero-order valence-electron chi connectivity index (χ0n) is 11.0. The first-order chi connectivity index (χ1) is 8.81. The maximum Gasteiger partial charge on any atom is 0.242 e. The second kappa shape index (κ2) is 6.43. The predicted molar refractivity (Wildman–Crippen MR) is 74.7 cm³/mol. The van der Waals surface area contributed by atoms with Gasteiger partial charge in [0.25, 0.3) is 0 Å². The molecule has 1 aromatic carbocycles. The Balaban J connectivity index is 2.09. The summed E-state index contributed by atoms with van der Waals surface area (Å²) in [5.41, 5.74) is 2.42.